The van der Waals surface area contributed by atoms with Crippen molar-refractivity contribution in [3.05, 3.63) is 53.4 Å². The van der Waals surface area contributed by atoms with E-state index in [-0.39, 0.29) is 35.9 Å². The molecule has 0 bridgehead atoms. The van der Waals surface area contributed by atoms with E-state index < -0.39 is 17.6 Å². The molecule has 1 aliphatic rings. The summed E-state index contributed by atoms with van der Waals surface area (Å²) in [5.41, 5.74) is 0.339. The number of aromatic nitrogens is 2. The van der Waals surface area contributed by atoms with Crippen molar-refractivity contribution in [1.29, 1.82) is 0 Å². The fourth-order valence-electron chi connectivity index (χ4n) is 3.16. The van der Waals surface area contributed by atoms with Crippen LogP contribution in [0, 0.1) is 11.6 Å². The molecule has 1 N–H and O–H groups in total. The zero-order valence-electron chi connectivity index (χ0n) is 14.1. The van der Waals surface area contributed by atoms with Gasteiger partial charge in [-0.3, -0.25) is 9.48 Å². The van der Waals surface area contributed by atoms with Gasteiger partial charge in [-0.15, -0.1) is 0 Å². The first-order valence-corrected chi connectivity index (χ1v) is 8.43. The number of carboxylic acid groups (broad SMARTS) is 1. The fourth-order valence-corrected chi connectivity index (χ4v) is 3.16. The molecular formula is C18H19F2N3O3. The van der Waals surface area contributed by atoms with E-state index in [4.69, 9.17) is 5.11 Å². The van der Waals surface area contributed by atoms with Gasteiger partial charge in [0.2, 0.25) is 5.91 Å². The Balaban J connectivity index is 1.51. The third-order valence-electron chi connectivity index (χ3n) is 4.66. The molecule has 1 aromatic heterocycles. The van der Waals surface area contributed by atoms with Gasteiger partial charge in [0.05, 0.1) is 17.8 Å². The van der Waals surface area contributed by atoms with Crippen molar-refractivity contribution >= 4 is 11.9 Å². The number of carbonyl (C=O) groups is 2. The topological polar surface area (TPSA) is 75.4 Å². The summed E-state index contributed by atoms with van der Waals surface area (Å²) in [5.74, 6) is -2.15. The highest BCUT2D eigenvalue weighted by Crippen LogP contribution is 2.23. The molecule has 3 rings (SSSR count). The van der Waals surface area contributed by atoms with E-state index in [1.807, 2.05) is 0 Å². The lowest BCUT2D eigenvalue weighted by atomic mass is 10.0. The van der Waals surface area contributed by atoms with E-state index in [9.17, 15) is 18.4 Å². The first-order valence-electron chi connectivity index (χ1n) is 8.43. The second kappa shape index (κ2) is 7.63. The molecule has 0 atom stereocenters. The van der Waals surface area contributed by atoms with Crippen molar-refractivity contribution in [3.8, 4) is 0 Å². The number of hydrogen-bond acceptors (Lipinski definition) is 3. The first-order chi connectivity index (χ1) is 12.4. The maximum atomic E-state index is 13.6. The monoisotopic (exact) mass is 363 g/mol. The van der Waals surface area contributed by atoms with Crippen molar-refractivity contribution in [1.82, 2.24) is 14.7 Å². The van der Waals surface area contributed by atoms with Crippen LogP contribution < -0.4 is 0 Å². The number of nitrogens with zero attached hydrogens (tertiary/aromatic N) is 3. The molecule has 8 heteroatoms. The zero-order valence-corrected chi connectivity index (χ0v) is 14.1. The Morgan fingerprint density at radius 3 is 2.62 bits per heavy atom. The zero-order chi connectivity index (χ0) is 18.7. The molecule has 0 spiro atoms. The van der Waals surface area contributed by atoms with Crippen LogP contribution in [0.2, 0.25) is 0 Å². The Hall–Kier alpha value is -2.77. The standard InChI is InChI=1S/C18H19F2N3O3/c19-14-2-3-16(20)12(9-14)1-4-17(24)22-7-5-15(6-8-22)23-11-13(10-21-23)18(25)26/h2-3,9-11,15H,1,4-8H2,(H,25,26). The highest BCUT2D eigenvalue weighted by Gasteiger charge is 2.24. The van der Waals surface area contributed by atoms with Crippen LogP contribution in [0.4, 0.5) is 8.78 Å². The Kier molecular flexibility index (Phi) is 5.29. The number of likely N-dealkylation sites (tertiary alicyclic amines) is 1. The lowest BCUT2D eigenvalue weighted by Crippen LogP contribution is -2.39. The van der Waals surface area contributed by atoms with E-state index in [2.05, 4.69) is 5.10 Å². The van der Waals surface area contributed by atoms with Crippen molar-refractivity contribution in [2.24, 2.45) is 0 Å². The van der Waals surface area contributed by atoms with E-state index in [1.165, 1.54) is 12.4 Å². The van der Waals surface area contributed by atoms with Gasteiger partial charge in [0.15, 0.2) is 0 Å². The second-order valence-corrected chi connectivity index (χ2v) is 6.36. The molecule has 0 saturated carbocycles. The maximum absolute atomic E-state index is 13.6. The van der Waals surface area contributed by atoms with Gasteiger partial charge in [0.1, 0.15) is 11.6 Å². The van der Waals surface area contributed by atoms with Gasteiger partial charge >= 0.3 is 5.97 Å². The highest BCUT2D eigenvalue weighted by atomic mass is 19.1. The number of piperidine rings is 1. The number of carboxylic acids is 1. The summed E-state index contributed by atoms with van der Waals surface area (Å²) in [7, 11) is 0. The summed E-state index contributed by atoms with van der Waals surface area (Å²) >= 11 is 0. The number of aryl methyl sites for hydroxylation is 1. The van der Waals surface area contributed by atoms with Crippen LogP contribution in [0.25, 0.3) is 0 Å². The van der Waals surface area contributed by atoms with Crippen LogP contribution in [0.3, 0.4) is 0 Å². The average molecular weight is 363 g/mol. The summed E-state index contributed by atoms with van der Waals surface area (Å²) in [6, 6.07) is 3.28. The van der Waals surface area contributed by atoms with Crippen LogP contribution in [0.5, 0.6) is 0 Å². The van der Waals surface area contributed by atoms with Gasteiger partial charge in [-0.25, -0.2) is 13.6 Å². The average Bonchev–Trinajstić information content (AvgIpc) is 3.13. The molecule has 1 saturated heterocycles. The predicted molar refractivity (Wildman–Crippen MR) is 88.7 cm³/mol. The molecule has 1 aliphatic heterocycles. The predicted octanol–water partition coefficient (Wildman–Crippen LogP) is 2.66. The summed E-state index contributed by atoms with van der Waals surface area (Å²) in [5, 5.41) is 13.0. The lowest BCUT2D eigenvalue weighted by molar-refractivity contribution is -0.132. The van der Waals surface area contributed by atoms with Gasteiger partial charge in [0, 0.05) is 25.7 Å². The van der Waals surface area contributed by atoms with Crippen LogP contribution in [0.15, 0.2) is 30.6 Å². The smallest absolute Gasteiger partial charge is 0.338 e. The number of benzene rings is 1. The Morgan fingerprint density at radius 2 is 1.96 bits per heavy atom. The van der Waals surface area contributed by atoms with Crippen molar-refractivity contribution < 1.29 is 23.5 Å². The summed E-state index contributed by atoms with van der Waals surface area (Å²) < 4.78 is 28.4. The van der Waals surface area contributed by atoms with Crippen molar-refractivity contribution in [2.45, 2.75) is 31.7 Å². The number of amides is 1. The Morgan fingerprint density at radius 1 is 1.23 bits per heavy atom. The van der Waals surface area contributed by atoms with E-state index in [1.54, 1.807) is 9.58 Å². The molecular weight excluding hydrogens is 344 g/mol. The van der Waals surface area contributed by atoms with Crippen LogP contribution in [-0.2, 0) is 11.2 Å². The lowest BCUT2D eigenvalue weighted by Gasteiger charge is -2.32. The van der Waals surface area contributed by atoms with Gasteiger partial charge in [-0.05, 0) is 43.0 Å². The highest BCUT2D eigenvalue weighted by molar-refractivity contribution is 5.86. The SMILES string of the molecule is O=C(O)c1cnn(C2CCN(C(=O)CCc3cc(F)ccc3F)CC2)c1. The summed E-state index contributed by atoms with van der Waals surface area (Å²) in [6.45, 7) is 1.05. The molecule has 138 valence electrons. The molecule has 0 unspecified atom stereocenters. The molecule has 6 nitrogen and oxygen atoms in total. The molecule has 1 aromatic carbocycles. The second-order valence-electron chi connectivity index (χ2n) is 6.36. The van der Waals surface area contributed by atoms with Crippen LogP contribution >= 0.6 is 0 Å². The van der Waals surface area contributed by atoms with Crippen molar-refractivity contribution in [2.75, 3.05) is 13.1 Å². The fraction of sp³-hybridized carbons (Fsp3) is 0.389. The third kappa shape index (κ3) is 4.07. The van der Waals surface area contributed by atoms with E-state index >= 15 is 0 Å². The number of aromatic carboxylic acids is 1. The maximum Gasteiger partial charge on any atom is 0.338 e. The third-order valence-corrected chi connectivity index (χ3v) is 4.66. The summed E-state index contributed by atoms with van der Waals surface area (Å²) in [6.07, 6.45) is 4.42. The van der Waals surface area contributed by atoms with E-state index in [0.717, 1.165) is 18.2 Å². The van der Waals surface area contributed by atoms with Crippen LogP contribution in [0.1, 0.15) is 41.2 Å². The van der Waals surface area contributed by atoms with Crippen LogP contribution in [-0.4, -0.2) is 44.8 Å². The minimum absolute atomic E-state index is 0.0489. The number of hydrogen-bond donors (Lipinski definition) is 1. The minimum Gasteiger partial charge on any atom is -0.478 e. The van der Waals surface area contributed by atoms with E-state index in [0.29, 0.717) is 25.9 Å². The van der Waals surface area contributed by atoms with Gasteiger partial charge < -0.3 is 10.0 Å². The molecule has 26 heavy (non-hydrogen) atoms. The molecule has 1 amide bonds. The molecule has 0 radical (unpaired) electrons. The van der Waals surface area contributed by atoms with Gasteiger partial charge in [-0.1, -0.05) is 0 Å². The normalized spacial score (nSPS) is 15.2. The van der Waals surface area contributed by atoms with Gasteiger partial charge in [0.25, 0.3) is 0 Å². The Labute approximate surface area is 149 Å². The molecule has 2 heterocycles. The molecule has 1 fully saturated rings. The van der Waals surface area contributed by atoms with Crippen molar-refractivity contribution in [3.63, 3.8) is 0 Å². The number of rotatable bonds is 5. The molecule has 2 aromatic rings. The first kappa shape index (κ1) is 18.0. The van der Waals surface area contributed by atoms with Gasteiger partial charge in [-0.2, -0.15) is 5.10 Å². The Bertz CT molecular complexity index is 814. The number of carbonyl (C=O) groups excluding carboxylic acids is 1. The minimum atomic E-state index is -1.02. The largest absolute Gasteiger partial charge is 0.478 e. The molecule has 0 aliphatic carbocycles. The quantitative estimate of drug-likeness (QED) is 0.886. The number of halogens is 2. The summed E-state index contributed by atoms with van der Waals surface area (Å²) in [4.78, 5) is 24.9.